The topological polar surface area (TPSA) is 42.3 Å². The molecule has 0 aromatic heterocycles. The van der Waals surface area contributed by atoms with E-state index in [2.05, 4.69) is 16.3 Å². The molecule has 0 aromatic rings. The van der Waals surface area contributed by atoms with E-state index in [-0.39, 0.29) is 0 Å². The third-order valence-electron chi connectivity index (χ3n) is 4.24. The molecule has 1 fully saturated rings. The maximum atomic E-state index is 12.3. The van der Waals surface area contributed by atoms with E-state index in [1.807, 2.05) is 6.92 Å². The highest BCUT2D eigenvalue weighted by molar-refractivity contribution is 5.05. The van der Waals surface area contributed by atoms with Gasteiger partial charge in [-0.25, -0.2) is 0 Å². The number of piperazine rings is 1. The average molecular weight is 306 g/mol. The molecule has 1 unspecified atom stereocenters. The minimum Gasteiger partial charge on any atom is -0.302 e. The summed E-state index contributed by atoms with van der Waals surface area (Å²) in [6.45, 7) is 4.27. The molecule has 1 N–H and O–H groups in total. The summed E-state index contributed by atoms with van der Waals surface area (Å²) in [4.78, 5) is 3.63. The Labute approximate surface area is 124 Å². The largest absolute Gasteiger partial charge is 0.401 e. The quantitative estimate of drug-likeness (QED) is 0.779. The summed E-state index contributed by atoms with van der Waals surface area (Å²) < 4.78 is 36.9. The first-order valence-corrected chi connectivity index (χ1v) is 7.46. The summed E-state index contributed by atoms with van der Waals surface area (Å²) in [5.74, 6) is 0. The lowest BCUT2D eigenvalue weighted by atomic mass is 9.92. The molecule has 4 nitrogen and oxygen atoms in total. The zero-order valence-corrected chi connectivity index (χ0v) is 12.8. The lowest BCUT2D eigenvalue weighted by Crippen LogP contribution is -2.49. The number of hydrogen-bond acceptors (Lipinski definition) is 4. The van der Waals surface area contributed by atoms with Crippen molar-refractivity contribution >= 4 is 0 Å². The number of alkyl halides is 3. The Morgan fingerprint density at radius 1 is 1.14 bits per heavy atom. The zero-order valence-electron chi connectivity index (χ0n) is 12.8. The normalized spacial score (nSPS) is 21.0. The summed E-state index contributed by atoms with van der Waals surface area (Å²) in [6.07, 6.45) is -1.72. The Hall–Kier alpha value is -0.840. The molecule has 1 aliphatic heterocycles. The van der Waals surface area contributed by atoms with Crippen LogP contribution < -0.4 is 5.32 Å². The van der Waals surface area contributed by atoms with Crippen molar-refractivity contribution in [3.05, 3.63) is 0 Å². The van der Waals surface area contributed by atoms with Gasteiger partial charge in [0, 0.05) is 26.2 Å². The van der Waals surface area contributed by atoms with E-state index in [0.29, 0.717) is 26.2 Å². The number of nitriles is 1. The van der Waals surface area contributed by atoms with Crippen molar-refractivity contribution in [2.45, 2.75) is 37.9 Å². The summed E-state index contributed by atoms with van der Waals surface area (Å²) in [5, 5.41) is 12.3. The Morgan fingerprint density at radius 3 is 2.14 bits per heavy atom. The second kappa shape index (κ2) is 7.97. The highest BCUT2D eigenvalue weighted by Crippen LogP contribution is 2.19. The van der Waals surface area contributed by atoms with Gasteiger partial charge in [0.1, 0.15) is 5.54 Å². The molecule has 1 aliphatic rings. The Balaban J connectivity index is 2.26. The van der Waals surface area contributed by atoms with Gasteiger partial charge in [-0.05, 0) is 32.9 Å². The lowest BCUT2D eigenvalue weighted by Gasteiger charge is -2.35. The van der Waals surface area contributed by atoms with Crippen LogP contribution in [0.5, 0.6) is 0 Å². The Kier molecular flexibility index (Phi) is 6.91. The van der Waals surface area contributed by atoms with Gasteiger partial charge >= 0.3 is 6.18 Å². The molecule has 21 heavy (non-hydrogen) atoms. The zero-order chi connectivity index (χ0) is 15.9. The minimum absolute atomic E-state index is 0.461. The molecule has 0 saturated carbocycles. The fourth-order valence-corrected chi connectivity index (χ4v) is 2.70. The minimum atomic E-state index is -4.11. The summed E-state index contributed by atoms with van der Waals surface area (Å²) >= 11 is 0. The fraction of sp³-hybridized carbons (Fsp3) is 0.929. The van der Waals surface area contributed by atoms with Crippen LogP contribution in [0.15, 0.2) is 0 Å². The van der Waals surface area contributed by atoms with Crippen molar-refractivity contribution < 1.29 is 13.2 Å². The lowest BCUT2D eigenvalue weighted by molar-refractivity contribution is -0.149. The first kappa shape index (κ1) is 18.2. The molecule has 0 aliphatic carbocycles. The summed E-state index contributed by atoms with van der Waals surface area (Å²) in [5.41, 5.74) is -0.474. The van der Waals surface area contributed by atoms with E-state index in [9.17, 15) is 18.4 Å². The first-order chi connectivity index (χ1) is 9.84. The first-order valence-electron chi connectivity index (χ1n) is 7.46. The molecule has 0 amide bonds. The van der Waals surface area contributed by atoms with Crippen LogP contribution in [0.2, 0.25) is 0 Å². The number of hydrogen-bond donors (Lipinski definition) is 1. The van der Waals surface area contributed by atoms with Crippen LogP contribution >= 0.6 is 0 Å². The maximum Gasteiger partial charge on any atom is 0.401 e. The third-order valence-corrected chi connectivity index (χ3v) is 4.24. The monoisotopic (exact) mass is 306 g/mol. The van der Waals surface area contributed by atoms with Crippen LogP contribution in [0, 0.1) is 11.3 Å². The molecule has 1 atom stereocenters. The van der Waals surface area contributed by atoms with Crippen LogP contribution in [0.4, 0.5) is 13.2 Å². The SMILES string of the molecule is CCC(C#N)(CCCN1CCN(CC(F)(F)F)CC1)NC. The predicted octanol–water partition coefficient (Wildman–Crippen LogP) is 1.84. The molecule has 0 bridgehead atoms. The van der Waals surface area contributed by atoms with Gasteiger partial charge in [-0.2, -0.15) is 18.4 Å². The van der Waals surface area contributed by atoms with Crippen molar-refractivity contribution in [2.75, 3.05) is 46.3 Å². The van der Waals surface area contributed by atoms with Gasteiger partial charge in [-0.3, -0.25) is 4.90 Å². The van der Waals surface area contributed by atoms with Gasteiger partial charge in [-0.1, -0.05) is 6.92 Å². The van der Waals surface area contributed by atoms with Crippen molar-refractivity contribution in [2.24, 2.45) is 0 Å². The van der Waals surface area contributed by atoms with Crippen LogP contribution in [-0.4, -0.2) is 67.8 Å². The van der Waals surface area contributed by atoms with Crippen LogP contribution in [0.25, 0.3) is 0 Å². The molecule has 1 heterocycles. The van der Waals surface area contributed by atoms with Crippen molar-refractivity contribution in [3.8, 4) is 6.07 Å². The van der Waals surface area contributed by atoms with E-state index in [1.54, 1.807) is 7.05 Å². The molecule has 0 aromatic carbocycles. The third kappa shape index (κ3) is 6.20. The van der Waals surface area contributed by atoms with Gasteiger partial charge in [0.2, 0.25) is 0 Å². The predicted molar refractivity (Wildman–Crippen MR) is 75.9 cm³/mol. The number of nitrogens with one attached hydrogen (secondary N) is 1. The van der Waals surface area contributed by atoms with Gasteiger partial charge in [0.05, 0.1) is 12.6 Å². The van der Waals surface area contributed by atoms with Gasteiger partial charge in [-0.15, -0.1) is 0 Å². The molecule has 0 radical (unpaired) electrons. The smallest absolute Gasteiger partial charge is 0.302 e. The van der Waals surface area contributed by atoms with E-state index in [1.165, 1.54) is 4.90 Å². The fourth-order valence-electron chi connectivity index (χ4n) is 2.70. The van der Waals surface area contributed by atoms with Crippen molar-refractivity contribution in [1.29, 1.82) is 5.26 Å². The van der Waals surface area contributed by atoms with Crippen LogP contribution in [0.1, 0.15) is 26.2 Å². The average Bonchev–Trinajstić information content (AvgIpc) is 2.44. The summed E-state index contributed by atoms with van der Waals surface area (Å²) in [7, 11) is 1.79. The molecule has 1 saturated heterocycles. The van der Waals surface area contributed by atoms with Crippen molar-refractivity contribution in [1.82, 2.24) is 15.1 Å². The van der Waals surface area contributed by atoms with Gasteiger partial charge < -0.3 is 10.2 Å². The Morgan fingerprint density at radius 2 is 1.71 bits per heavy atom. The highest BCUT2D eigenvalue weighted by Gasteiger charge is 2.32. The van der Waals surface area contributed by atoms with Gasteiger partial charge in [0.15, 0.2) is 0 Å². The molecule has 7 heteroatoms. The highest BCUT2D eigenvalue weighted by atomic mass is 19.4. The van der Waals surface area contributed by atoms with Crippen LogP contribution in [-0.2, 0) is 0 Å². The van der Waals surface area contributed by atoms with Crippen molar-refractivity contribution in [3.63, 3.8) is 0 Å². The molecule has 0 spiro atoms. The van der Waals surface area contributed by atoms with E-state index in [0.717, 1.165) is 25.8 Å². The Bertz CT molecular complexity index is 339. The molecule has 1 rings (SSSR count). The molecule has 122 valence electrons. The van der Waals surface area contributed by atoms with Crippen LogP contribution in [0.3, 0.4) is 0 Å². The number of halogens is 3. The second-order valence-electron chi connectivity index (χ2n) is 5.63. The number of nitrogens with zero attached hydrogens (tertiary/aromatic N) is 3. The standard InChI is InChI=1S/C14H25F3N4/c1-3-13(11-18,19-2)5-4-6-20-7-9-21(10-8-20)12-14(15,16)17/h19H,3-10,12H2,1-2H3. The number of rotatable bonds is 7. The van der Waals surface area contributed by atoms with E-state index in [4.69, 9.17) is 0 Å². The maximum absolute atomic E-state index is 12.3. The second-order valence-corrected chi connectivity index (χ2v) is 5.63. The summed E-state index contributed by atoms with van der Waals surface area (Å²) in [6, 6.07) is 2.32. The molecular weight excluding hydrogens is 281 g/mol. The van der Waals surface area contributed by atoms with Gasteiger partial charge in [0.25, 0.3) is 0 Å². The van der Waals surface area contributed by atoms with E-state index >= 15 is 0 Å². The van der Waals surface area contributed by atoms with E-state index < -0.39 is 18.3 Å². The molecular formula is C14H25F3N4.